The third kappa shape index (κ3) is 3.67. The van der Waals surface area contributed by atoms with E-state index in [0.29, 0.717) is 17.7 Å². The summed E-state index contributed by atoms with van der Waals surface area (Å²) in [4.78, 5) is 16.1. The Labute approximate surface area is 115 Å². The Morgan fingerprint density at radius 2 is 2.30 bits per heavy atom. The molecule has 0 unspecified atom stereocenters. The highest BCUT2D eigenvalue weighted by Gasteiger charge is 2.11. The Bertz CT molecular complexity index is 627. The van der Waals surface area contributed by atoms with Crippen molar-refractivity contribution in [1.82, 2.24) is 15.5 Å². The number of carbonyl (C=O) groups is 1. The minimum atomic E-state index is -0.338. The van der Waals surface area contributed by atoms with Crippen molar-refractivity contribution >= 4 is 5.91 Å². The molecule has 0 aliphatic carbocycles. The molecule has 0 fully saturated rings. The summed E-state index contributed by atoms with van der Waals surface area (Å²) < 4.78 is 4.89. The number of pyridine rings is 1. The molecule has 2 N–H and O–H groups in total. The molecule has 0 aliphatic heterocycles. The van der Waals surface area contributed by atoms with Crippen LogP contribution in [0, 0.1) is 11.8 Å². The number of nitrogens with zero attached hydrogens (tertiary/aromatic N) is 2. The first-order valence-electron chi connectivity index (χ1n) is 6.04. The summed E-state index contributed by atoms with van der Waals surface area (Å²) in [5.74, 6) is 5.81. The number of nitrogens with one attached hydrogen (secondary N) is 1. The van der Waals surface area contributed by atoms with Gasteiger partial charge in [-0.05, 0) is 12.1 Å². The van der Waals surface area contributed by atoms with Crippen LogP contribution < -0.4 is 5.32 Å². The summed E-state index contributed by atoms with van der Waals surface area (Å²) in [6.45, 7) is 0.221. The van der Waals surface area contributed by atoms with Gasteiger partial charge in [0, 0.05) is 18.7 Å². The van der Waals surface area contributed by atoms with Crippen LogP contribution in [0.2, 0.25) is 0 Å². The first kappa shape index (κ1) is 13.8. The topological polar surface area (TPSA) is 88.3 Å². The third-order valence-electron chi connectivity index (χ3n) is 2.40. The summed E-state index contributed by atoms with van der Waals surface area (Å²) >= 11 is 0. The molecule has 1 amide bonds. The molecule has 2 rings (SSSR count). The van der Waals surface area contributed by atoms with Gasteiger partial charge in [0.25, 0.3) is 5.91 Å². The molecule has 2 aromatic heterocycles. The van der Waals surface area contributed by atoms with Crippen LogP contribution in [-0.4, -0.2) is 27.8 Å². The van der Waals surface area contributed by atoms with Gasteiger partial charge in [0.2, 0.25) is 0 Å². The lowest BCUT2D eigenvalue weighted by Gasteiger charge is -2.04. The molecular formula is C14H13N3O3. The molecule has 6 heteroatoms. The number of aliphatic hydroxyl groups excluding tert-OH is 1. The monoisotopic (exact) mass is 271 g/mol. The van der Waals surface area contributed by atoms with Gasteiger partial charge in [0.05, 0.1) is 24.9 Å². The quantitative estimate of drug-likeness (QED) is 0.800. The molecule has 0 saturated heterocycles. The molecule has 6 nitrogen and oxygen atoms in total. The Balaban J connectivity index is 2.07. The molecular weight excluding hydrogens is 258 g/mol. The third-order valence-corrected chi connectivity index (χ3v) is 2.40. The first-order valence-corrected chi connectivity index (χ1v) is 6.04. The molecule has 0 aliphatic rings. The van der Waals surface area contributed by atoms with Gasteiger partial charge in [-0.3, -0.25) is 4.79 Å². The van der Waals surface area contributed by atoms with Crippen molar-refractivity contribution in [2.75, 3.05) is 6.61 Å². The van der Waals surface area contributed by atoms with E-state index in [9.17, 15) is 4.79 Å². The Morgan fingerprint density at radius 1 is 1.40 bits per heavy atom. The van der Waals surface area contributed by atoms with Gasteiger partial charge in [-0.2, -0.15) is 0 Å². The summed E-state index contributed by atoms with van der Waals surface area (Å²) in [7, 11) is 0. The lowest BCUT2D eigenvalue weighted by molar-refractivity contribution is 0.0942. The minimum absolute atomic E-state index is 0.0136. The van der Waals surface area contributed by atoms with Crippen molar-refractivity contribution < 1.29 is 14.4 Å². The highest BCUT2D eigenvalue weighted by atomic mass is 16.5. The van der Waals surface area contributed by atoms with E-state index in [4.69, 9.17) is 9.63 Å². The Hall–Kier alpha value is -2.65. The SMILES string of the molecule is O=C(NCc1ccno1)c1ncccc1C#CCCO. The van der Waals surface area contributed by atoms with Crippen LogP contribution in [0.4, 0.5) is 0 Å². The molecule has 102 valence electrons. The van der Waals surface area contributed by atoms with Gasteiger partial charge in [0.1, 0.15) is 5.69 Å². The number of carbonyl (C=O) groups excluding carboxylic acids is 1. The average Bonchev–Trinajstić information content (AvgIpc) is 2.99. The zero-order chi connectivity index (χ0) is 14.2. The number of aromatic nitrogens is 2. The highest BCUT2D eigenvalue weighted by molar-refractivity contribution is 5.94. The molecule has 0 atom stereocenters. The van der Waals surface area contributed by atoms with E-state index in [-0.39, 0.29) is 24.8 Å². The van der Waals surface area contributed by atoms with E-state index in [1.165, 1.54) is 12.4 Å². The van der Waals surface area contributed by atoms with Crippen LogP contribution in [0.3, 0.4) is 0 Å². The maximum Gasteiger partial charge on any atom is 0.271 e. The van der Waals surface area contributed by atoms with E-state index in [1.807, 2.05) is 0 Å². The van der Waals surface area contributed by atoms with E-state index >= 15 is 0 Å². The number of hydrogen-bond donors (Lipinski definition) is 2. The van der Waals surface area contributed by atoms with Crippen LogP contribution in [0.25, 0.3) is 0 Å². The standard InChI is InChI=1S/C14H13N3O3/c18-9-2-1-4-11-5-3-7-15-13(11)14(19)16-10-12-6-8-17-20-12/h3,5-8,18H,2,9-10H2,(H,16,19). The largest absolute Gasteiger partial charge is 0.395 e. The second kappa shape index (κ2) is 7.07. The van der Waals surface area contributed by atoms with Crippen LogP contribution >= 0.6 is 0 Å². The van der Waals surface area contributed by atoms with Gasteiger partial charge >= 0.3 is 0 Å². The van der Waals surface area contributed by atoms with Crippen molar-refractivity contribution in [2.45, 2.75) is 13.0 Å². The van der Waals surface area contributed by atoms with Gasteiger partial charge in [-0.25, -0.2) is 4.98 Å². The normalized spacial score (nSPS) is 9.65. The van der Waals surface area contributed by atoms with Crippen molar-refractivity contribution in [3.05, 3.63) is 47.6 Å². The smallest absolute Gasteiger partial charge is 0.271 e. The van der Waals surface area contributed by atoms with Crippen LogP contribution in [0.15, 0.2) is 35.1 Å². The van der Waals surface area contributed by atoms with Crippen molar-refractivity contribution in [3.8, 4) is 11.8 Å². The predicted molar refractivity (Wildman–Crippen MR) is 70.5 cm³/mol. The molecule has 0 saturated carbocycles. The maximum absolute atomic E-state index is 12.0. The maximum atomic E-state index is 12.0. The van der Waals surface area contributed by atoms with Crippen molar-refractivity contribution in [3.63, 3.8) is 0 Å². The number of rotatable bonds is 4. The fourth-order valence-electron chi connectivity index (χ4n) is 1.49. The van der Waals surface area contributed by atoms with E-state index < -0.39 is 0 Å². The van der Waals surface area contributed by atoms with E-state index in [2.05, 4.69) is 27.3 Å². The highest BCUT2D eigenvalue weighted by Crippen LogP contribution is 2.04. The van der Waals surface area contributed by atoms with Gasteiger partial charge in [0.15, 0.2) is 5.76 Å². The lowest BCUT2D eigenvalue weighted by atomic mass is 10.2. The summed E-state index contributed by atoms with van der Waals surface area (Å²) in [5.41, 5.74) is 0.772. The van der Waals surface area contributed by atoms with E-state index in [0.717, 1.165) is 0 Å². The average molecular weight is 271 g/mol. The zero-order valence-corrected chi connectivity index (χ0v) is 10.7. The van der Waals surface area contributed by atoms with Crippen LogP contribution in [-0.2, 0) is 6.54 Å². The Kier molecular flexibility index (Phi) is 4.87. The molecule has 0 radical (unpaired) electrons. The number of aliphatic hydroxyl groups is 1. The Morgan fingerprint density at radius 3 is 3.05 bits per heavy atom. The lowest BCUT2D eigenvalue weighted by Crippen LogP contribution is -2.24. The predicted octanol–water partition coefficient (Wildman–Crippen LogP) is 0.734. The molecule has 2 heterocycles. The first-order chi connectivity index (χ1) is 9.81. The number of amides is 1. The van der Waals surface area contributed by atoms with Crippen molar-refractivity contribution in [2.24, 2.45) is 0 Å². The molecule has 0 aromatic carbocycles. The van der Waals surface area contributed by atoms with Crippen LogP contribution in [0.5, 0.6) is 0 Å². The molecule has 20 heavy (non-hydrogen) atoms. The molecule has 0 bridgehead atoms. The second-order valence-corrected chi connectivity index (χ2v) is 3.84. The summed E-state index contributed by atoms with van der Waals surface area (Å²) in [6.07, 6.45) is 3.39. The van der Waals surface area contributed by atoms with Crippen molar-refractivity contribution in [1.29, 1.82) is 0 Å². The fourth-order valence-corrected chi connectivity index (χ4v) is 1.49. The second-order valence-electron chi connectivity index (χ2n) is 3.84. The summed E-state index contributed by atoms with van der Waals surface area (Å²) in [6, 6.07) is 5.08. The molecule has 2 aromatic rings. The fraction of sp³-hybridized carbons (Fsp3) is 0.214. The van der Waals surface area contributed by atoms with E-state index in [1.54, 1.807) is 18.2 Å². The minimum Gasteiger partial charge on any atom is -0.395 e. The number of hydrogen-bond acceptors (Lipinski definition) is 5. The van der Waals surface area contributed by atoms with Gasteiger partial charge < -0.3 is 14.9 Å². The van der Waals surface area contributed by atoms with Gasteiger partial charge in [-0.1, -0.05) is 17.0 Å². The van der Waals surface area contributed by atoms with Crippen LogP contribution in [0.1, 0.15) is 28.2 Å². The molecule has 0 spiro atoms. The zero-order valence-electron chi connectivity index (χ0n) is 10.7. The van der Waals surface area contributed by atoms with Gasteiger partial charge in [-0.15, -0.1) is 0 Å². The summed E-state index contributed by atoms with van der Waals surface area (Å²) in [5, 5.41) is 14.9.